The van der Waals surface area contributed by atoms with Crippen LogP contribution < -0.4 is 0 Å². The number of hydrogen-bond donors (Lipinski definition) is 0. The minimum absolute atomic E-state index is 0.743. The first-order valence-electron chi connectivity index (χ1n) is 6.46. The summed E-state index contributed by atoms with van der Waals surface area (Å²) in [5.74, 6) is 0. The summed E-state index contributed by atoms with van der Waals surface area (Å²) in [6.45, 7) is 0.743. The fourth-order valence-corrected chi connectivity index (χ4v) is 3.40. The van der Waals surface area contributed by atoms with Gasteiger partial charge >= 0.3 is 0 Å². The summed E-state index contributed by atoms with van der Waals surface area (Å²) in [5.41, 5.74) is 3.49. The Bertz CT molecular complexity index is 888. The predicted molar refractivity (Wildman–Crippen MR) is 87.5 cm³/mol. The van der Waals surface area contributed by atoms with Crippen molar-refractivity contribution in [2.24, 2.45) is 0 Å². The maximum atomic E-state index is 4.46. The molecule has 0 N–H and O–H groups in total. The molecule has 0 atom stereocenters. The molecule has 3 heterocycles. The number of halogens is 1. The Balaban J connectivity index is 1.62. The van der Waals surface area contributed by atoms with Crippen LogP contribution in [0.3, 0.4) is 0 Å². The van der Waals surface area contributed by atoms with Gasteiger partial charge in [0.2, 0.25) is 0 Å². The standard InChI is InChI=1S/C15H11BrN4S/c16-13-3-1-11(2-4-13)12-5-18-19(7-12)8-14-9-21-15-6-17-10-20(14)15/h1-7,9-10H,8H2. The lowest BCUT2D eigenvalue weighted by Crippen LogP contribution is -2.02. The van der Waals surface area contributed by atoms with Crippen LogP contribution in [0.1, 0.15) is 5.69 Å². The molecule has 0 amide bonds. The summed E-state index contributed by atoms with van der Waals surface area (Å²) in [6, 6.07) is 8.26. The summed E-state index contributed by atoms with van der Waals surface area (Å²) in [4.78, 5) is 5.32. The lowest BCUT2D eigenvalue weighted by molar-refractivity contribution is 0.669. The van der Waals surface area contributed by atoms with Gasteiger partial charge in [0.25, 0.3) is 0 Å². The molecule has 1 aromatic carbocycles. The number of thiazole rings is 1. The van der Waals surface area contributed by atoms with E-state index in [0.29, 0.717) is 0 Å². The van der Waals surface area contributed by atoms with Crippen LogP contribution in [0.5, 0.6) is 0 Å². The van der Waals surface area contributed by atoms with Gasteiger partial charge in [-0.15, -0.1) is 11.3 Å². The number of nitrogens with zero attached hydrogens (tertiary/aromatic N) is 4. The van der Waals surface area contributed by atoms with Gasteiger partial charge in [0.1, 0.15) is 11.2 Å². The Morgan fingerprint density at radius 1 is 1.10 bits per heavy atom. The maximum absolute atomic E-state index is 4.46. The molecule has 3 aromatic heterocycles. The zero-order valence-electron chi connectivity index (χ0n) is 11.0. The molecule has 0 unspecified atom stereocenters. The van der Waals surface area contributed by atoms with Crippen molar-refractivity contribution in [2.45, 2.75) is 6.54 Å². The van der Waals surface area contributed by atoms with Gasteiger partial charge in [0.05, 0.1) is 24.6 Å². The van der Waals surface area contributed by atoms with E-state index in [1.54, 1.807) is 11.3 Å². The summed E-state index contributed by atoms with van der Waals surface area (Å²) < 4.78 is 5.14. The molecule has 0 fully saturated rings. The van der Waals surface area contributed by atoms with Crippen molar-refractivity contribution in [1.29, 1.82) is 0 Å². The monoisotopic (exact) mass is 358 g/mol. The van der Waals surface area contributed by atoms with Gasteiger partial charge in [-0.3, -0.25) is 9.08 Å². The van der Waals surface area contributed by atoms with E-state index in [-0.39, 0.29) is 0 Å². The fourth-order valence-electron chi connectivity index (χ4n) is 2.29. The smallest absolute Gasteiger partial charge is 0.119 e. The van der Waals surface area contributed by atoms with Crippen LogP contribution in [0.15, 0.2) is 59.0 Å². The predicted octanol–water partition coefficient (Wildman–Crippen LogP) is 4.07. The molecule has 4 aromatic rings. The summed E-state index contributed by atoms with van der Waals surface area (Å²) in [7, 11) is 0. The molecule has 6 heteroatoms. The zero-order chi connectivity index (χ0) is 14.2. The third-order valence-corrected chi connectivity index (χ3v) is 4.83. The van der Waals surface area contributed by atoms with E-state index in [2.05, 4.69) is 54.1 Å². The molecule has 0 spiro atoms. The van der Waals surface area contributed by atoms with Crippen molar-refractivity contribution in [3.05, 3.63) is 64.7 Å². The third-order valence-electron chi connectivity index (χ3n) is 3.36. The van der Waals surface area contributed by atoms with Gasteiger partial charge in [-0.05, 0) is 17.7 Å². The number of fused-ring (bicyclic) bond motifs is 1. The first-order valence-corrected chi connectivity index (χ1v) is 8.14. The minimum atomic E-state index is 0.743. The van der Waals surface area contributed by atoms with Crippen LogP contribution >= 0.6 is 27.3 Å². The summed E-state index contributed by atoms with van der Waals surface area (Å²) in [6.07, 6.45) is 7.70. The van der Waals surface area contributed by atoms with E-state index < -0.39 is 0 Å². The number of aromatic nitrogens is 4. The van der Waals surface area contributed by atoms with Crippen LogP contribution in [0.4, 0.5) is 0 Å². The van der Waals surface area contributed by atoms with Crippen LogP contribution in [-0.4, -0.2) is 19.2 Å². The molecule has 0 bridgehead atoms. The normalized spacial score (nSPS) is 11.3. The van der Waals surface area contributed by atoms with Gasteiger partial charge < -0.3 is 0 Å². The van der Waals surface area contributed by atoms with Crippen LogP contribution in [0.25, 0.3) is 16.0 Å². The first kappa shape index (κ1) is 12.8. The van der Waals surface area contributed by atoms with E-state index in [0.717, 1.165) is 21.4 Å². The van der Waals surface area contributed by atoms with Gasteiger partial charge in [0.15, 0.2) is 0 Å². The Hall–Kier alpha value is -1.92. The fraction of sp³-hybridized carbons (Fsp3) is 0.0667. The van der Waals surface area contributed by atoms with Gasteiger partial charge in [-0.25, -0.2) is 4.98 Å². The number of imidazole rings is 1. The van der Waals surface area contributed by atoms with Crippen molar-refractivity contribution in [3.8, 4) is 11.1 Å². The van der Waals surface area contributed by atoms with Crippen molar-refractivity contribution >= 4 is 32.1 Å². The largest absolute Gasteiger partial charge is 0.292 e. The highest BCUT2D eigenvalue weighted by atomic mass is 79.9. The van der Waals surface area contributed by atoms with Crippen molar-refractivity contribution < 1.29 is 0 Å². The number of benzene rings is 1. The summed E-state index contributed by atoms with van der Waals surface area (Å²) >= 11 is 5.15. The van der Waals surface area contributed by atoms with Crippen molar-refractivity contribution in [2.75, 3.05) is 0 Å². The molecule has 4 nitrogen and oxygen atoms in total. The Morgan fingerprint density at radius 2 is 1.95 bits per heavy atom. The van der Waals surface area contributed by atoms with Gasteiger partial charge in [-0.2, -0.15) is 5.10 Å². The topological polar surface area (TPSA) is 35.1 Å². The van der Waals surface area contributed by atoms with Crippen LogP contribution in [0, 0.1) is 0 Å². The lowest BCUT2D eigenvalue weighted by Gasteiger charge is -2.00. The third kappa shape index (κ3) is 2.41. The molecule has 0 aliphatic carbocycles. The molecule has 0 radical (unpaired) electrons. The second-order valence-corrected chi connectivity index (χ2v) is 6.57. The second kappa shape index (κ2) is 5.13. The Kier molecular flexibility index (Phi) is 3.12. The number of hydrogen-bond acceptors (Lipinski definition) is 3. The molecule has 0 aliphatic heterocycles. The molecule has 104 valence electrons. The quantitative estimate of drug-likeness (QED) is 0.553. The van der Waals surface area contributed by atoms with Crippen molar-refractivity contribution in [1.82, 2.24) is 19.2 Å². The molecule has 21 heavy (non-hydrogen) atoms. The van der Waals surface area contributed by atoms with Crippen molar-refractivity contribution in [3.63, 3.8) is 0 Å². The van der Waals surface area contributed by atoms with Gasteiger partial charge in [-0.1, -0.05) is 28.1 Å². The molecule has 4 rings (SSSR count). The van der Waals surface area contributed by atoms with E-state index in [9.17, 15) is 0 Å². The van der Waals surface area contributed by atoms with Crippen LogP contribution in [-0.2, 0) is 6.54 Å². The number of rotatable bonds is 3. The van der Waals surface area contributed by atoms with E-state index in [4.69, 9.17) is 0 Å². The average molecular weight is 359 g/mol. The maximum Gasteiger partial charge on any atom is 0.119 e. The average Bonchev–Trinajstić information content (AvgIpc) is 3.19. The zero-order valence-corrected chi connectivity index (χ0v) is 13.4. The van der Waals surface area contributed by atoms with Crippen LogP contribution in [0.2, 0.25) is 0 Å². The molecule has 0 saturated heterocycles. The van der Waals surface area contributed by atoms with Gasteiger partial charge in [0, 0.05) is 21.6 Å². The molecular weight excluding hydrogens is 348 g/mol. The Morgan fingerprint density at radius 3 is 2.81 bits per heavy atom. The summed E-state index contributed by atoms with van der Waals surface area (Å²) in [5, 5.41) is 6.61. The highest BCUT2D eigenvalue weighted by Gasteiger charge is 2.06. The second-order valence-electron chi connectivity index (χ2n) is 4.76. The Labute approximate surface area is 133 Å². The molecule has 0 aliphatic rings. The minimum Gasteiger partial charge on any atom is -0.292 e. The lowest BCUT2D eigenvalue weighted by atomic mass is 10.1. The molecular formula is C15H11BrN4S. The van der Waals surface area contributed by atoms with E-state index >= 15 is 0 Å². The highest BCUT2D eigenvalue weighted by Crippen LogP contribution is 2.22. The first-order chi connectivity index (χ1) is 10.3. The highest BCUT2D eigenvalue weighted by molar-refractivity contribution is 9.10. The van der Waals surface area contributed by atoms with E-state index in [1.807, 2.05) is 35.5 Å². The SMILES string of the molecule is Brc1ccc(-c2cnn(Cc3csc4cncn34)c2)cc1. The molecule has 0 saturated carbocycles. The van der Waals surface area contributed by atoms with E-state index in [1.165, 1.54) is 11.3 Å².